The van der Waals surface area contributed by atoms with E-state index in [1.807, 2.05) is 36.5 Å². The standard InChI is InChI=1S/C15H19N3O3/c19-8-4-7-18-11-14(10-17-18)9-16-15(20)21-12-13-5-2-1-3-6-13/h1-3,5-6,10-11,19H,4,7-9,12H2,(H,16,20). The quantitative estimate of drug-likeness (QED) is 0.813. The van der Waals surface area contributed by atoms with Crippen LogP contribution in [0.3, 0.4) is 0 Å². The summed E-state index contributed by atoms with van der Waals surface area (Å²) >= 11 is 0. The largest absolute Gasteiger partial charge is 0.445 e. The number of hydrogen-bond acceptors (Lipinski definition) is 4. The molecule has 112 valence electrons. The topological polar surface area (TPSA) is 76.4 Å². The number of aromatic nitrogens is 2. The number of hydrogen-bond donors (Lipinski definition) is 2. The Morgan fingerprint density at radius 3 is 2.86 bits per heavy atom. The van der Waals surface area contributed by atoms with Crippen LogP contribution in [0.4, 0.5) is 4.79 Å². The van der Waals surface area contributed by atoms with Crippen molar-refractivity contribution in [3.05, 3.63) is 53.9 Å². The van der Waals surface area contributed by atoms with Gasteiger partial charge in [-0.05, 0) is 12.0 Å². The van der Waals surface area contributed by atoms with Gasteiger partial charge in [0.25, 0.3) is 0 Å². The van der Waals surface area contributed by atoms with Crippen molar-refractivity contribution < 1.29 is 14.6 Å². The summed E-state index contributed by atoms with van der Waals surface area (Å²) in [6, 6.07) is 9.52. The van der Waals surface area contributed by atoms with Crippen molar-refractivity contribution in [2.24, 2.45) is 0 Å². The molecule has 0 unspecified atom stereocenters. The van der Waals surface area contributed by atoms with Gasteiger partial charge >= 0.3 is 6.09 Å². The summed E-state index contributed by atoms with van der Waals surface area (Å²) in [7, 11) is 0. The third-order valence-corrected chi connectivity index (χ3v) is 2.88. The highest BCUT2D eigenvalue weighted by Crippen LogP contribution is 2.02. The molecular weight excluding hydrogens is 270 g/mol. The molecule has 0 fully saturated rings. The summed E-state index contributed by atoms with van der Waals surface area (Å²) in [6.45, 7) is 1.42. The van der Waals surface area contributed by atoms with Crippen LogP contribution in [0.5, 0.6) is 0 Å². The van der Waals surface area contributed by atoms with Crippen LogP contribution in [0.1, 0.15) is 17.5 Å². The second-order valence-electron chi connectivity index (χ2n) is 4.60. The summed E-state index contributed by atoms with van der Waals surface area (Å²) in [4.78, 5) is 11.6. The van der Waals surface area contributed by atoms with Crippen LogP contribution < -0.4 is 5.32 Å². The minimum absolute atomic E-state index is 0.138. The fourth-order valence-corrected chi connectivity index (χ4v) is 1.80. The van der Waals surface area contributed by atoms with E-state index in [-0.39, 0.29) is 13.2 Å². The third-order valence-electron chi connectivity index (χ3n) is 2.88. The van der Waals surface area contributed by atoms with E-state index < -0.39 is 6.09 Å². The average Bonchev–Trinajstić information content (AvgIpc) is 2.98. The Morgan fingerprint density at radius 1 is 1.29 bits per heavy atom. The van der Waals surface area contributed by atoms with Crippen molar-refractivity contribution in [2.45, 2.75) is 26.1 Å². The number of rotatable bonds is 7. The van der Waals surface area contributed by atoms with Crippen LogP contribution in [-0.2, 0) is 24.4 Å². The van der Waals surface area contributed by atoms with Gasteiger partial charge in [0, 0.05) is 31.5 Å². The summed E-state index contributed by atoms with van der Waals surface area (Å²) in [5, 5.41) is 15.6. The van der Waals surface area contributed by atoms with E-state index in [2.05, 4.69) is 10.4 Å². The lowest BCUT2D eigenvalue weighted by molar-refractivity contribution is 0.139. The number of aryl methyl sites for hydroxylation is 1. The van der Waals surface area contributed by atoms with Gasteiger partial charge in [0.05, 0.1) is 6.20 Å². The van der Waals surface area contributed by atoms with Crippen LogP contribution in [-0.4, -0.2) is 27.6 Å². The van der Waals surface area contributed by atoms with Crippen LogP contribution in [0, 0.1) is 0 Å². The predicted molar refractivity (Wildman–Crippen MR) is 77.4 cm³/mol. The van der Waals surface area contributed by atoms with Crippen LogP contribution in [0.2, 0.25) is 0 Å². The first-order valence-corrected chi connectivity index (χ1v) is 6.84. The Balaban J connectivity index is 1.70. The number of carbonyl (C=O) groups is 1. The first-order chi connectivity index (χ1) is 10.3. The van der Waals surface area contributed by atoms with E-state index in [1.54, 1.807) is 10.9 Å². The molecule has 0 bridgehead atoms. The fourth-order valence-electron chi connectivity index (χ4n) is 1.80. The van der Waals surface area contributed by atoms with E-state index in [9.17, 15) is 4.79 Å². The molecule has 1 amide bonds. The molecule has 2 N–H and O–H groups in total. The smallest absolute Gasteiger partial charge is 0.407 e. The fraction of sp³-hybridized carbons (Fsp3) is 0.333. The van der Waals surface area contributed by atoms with Gasteiger partial charge in [0.1, 0.15) is 6.61 Å². The molecule has 1 heterocycles. The van der Waals surface area contributed by atoms with Crippen LogP contribution in [0.25, 0.3) is 0 Å². The lowest BCUT2D eigenvalue weighted by atomic mass is 10.2. The predicted octanol–water partition coefficient (Wildman–Crippen LogP) is 1.69. The second kappa shape index (κ2) is 8.06. The molecule has 0 aliphatic rings. The maximum absolute atomic E-state index is 11.6. The zero-order chi connectivity index (χ0) is 14.9. The van der Waals surface area contributed by atoms with E-state index >= 15 is 0 Å². The molecule has 1 aromatic carbocycles. The number of nitrogens with zero attached hydrogens (tertiary/aromatic N) is 2. The molecule has 2 rings (SSSR count). The zero-order valence-corrected chi connectivity index (χ0v) is 11.7. The van der Waals surface area contributed by atoms with E-state index in [4.69, 9.17) is 9.84 Å². The zero-order valence-electron chi connectivity index (χ0n) is 11.7. The molecule has 1 aromatic heterocycles. The number of alkyl carbamates (subject to hydrolysis) is 1. The van der Waals surface area contributed by atoms with Crippen molar-refractivity contribution in [1.82, 2.24) is 15.1 Å². The average molecular weight is 289 g/mol. The van der Waals surface area contributed by atoms with Crippen molar-refractivity contribution in [3.63, 3.8) is 0 Å². The van der Waals surface area contributed by atoms with Gasteiger partial charge in [-0.3, -0.25) is 4.68 Å². The summed E-state index contributed by atoms with van der Waals surface area (Å²) in [6.07, 6.45) is 3.73. The van der Waals surface area contributed by atoms with Crippen molar-refractivity contribution in [3.8, 4) is 0 Å². The highest BCUT2D eigenvalue weighted by molar-refractivity contribution is 5.67. The Labute approximate surface area is 123 Å². The first kappa shape index (κ1) is 15.1. The number of aliphatic hydroxyl groups is 1. The number of ether oxygens (including phenoxy) is 1. The molecule has 0 saturated carbocycles. The maximum Gasteiger partial charge on any atom is 0.407 e. The van der Waals surface area contributed by atoms with Gasteiger partial charge in [-0.1, -0.05) is 30.3 Å². The van der Waals surface area contributed by atoms with Crippen molar-refractivity contribution in [2.75, 3.05) is 6.61 Å². The molecule has 0 radical (unpaired) electrons. The van der Waals surface area contributed by atoms with E-state index in [1.165, 1.54) is 0 Å². The van der Waals surface area contributed by atoms with Crippen LogP contribution in [0.15, 0.2) is 42.7 Å². The Morgan fingerprint density at radius 2 is 2.10 bits per heavy atom. The molecule has 21 heavy (non-hydrogen) atoms. The number of carbonyl (C=O) groups excluding carboxylic acids is 1. The van der Waals surface area contributed by atoms with Gasteiger partial charge in [-0.15, -0.1) is 0 Å². The molecule has 0 spiro atoms. The number of aliphatic hydroxyl groups excluding tert-OH is 1. The van der Waals surface area contributed by atoms with Crippen molar-refractivity contribution >= 4 is 6.09 Å². The Kier molecular flexibility index (Phi) is 5.78. The van der Waals surface area contributed by atoms with Gasteiger partial charge in [-0.25, -0.2) is 4.79 Å². The van der Waals surface area contributed by atoms with E-state index in [0.29, 0.717) is 19.5 Å². The number of amides is 1. The Hall–Kier alpha value is -2.34. The first-order valence-electron chi connectivity index (χ1n) is 6.84. The number of benzene rings is 1. The minimum atomic E-state index is -0.457. The van der Waals surface area contributed by atoms with Crippen molar-refractivity contribution in [1.29, 1.82) is 0 Å². The lowest BCUT2D eigenvalue weighted by Gasteiger charge is -2.06. The normalized spacial score (nSPS) is 10.3. The third kappa shape index (κ3) is 5.27. The van der Waals surface area contributed by atoms with Crippen LogP contribution >= 0.6 is 0 Å². The number of nitrogens with one attached hydrogen (secondary N) is 1. The van der Waals surface area contributed by atoms with Gasteiger partial charge < -0.3 is 15.2 Å². The summed E-state index contributed by atoms with van der Waals surface area (Å²) in [5.41, 5.74) is 1.84. The molecule has 0 saturated heterocycles. The SMILES string of the molecule is O=C(NCc1cnn(CCCO)c1)OCc1ccccc1. The second-order valence-corrected chi connectivity index (χ2v) is 4.60. The molecule has 0 aliphatic carbocycles. The molecule has 6 nitrogen and oxygen atoms in total. The molecule has 0 atom stereocenters. The lowest BCUT2D eigenvalue weighted by Crippen LogP contribution is -2.23. The highest BCUT2D eigenvalue weighted by atomic mass is 16.5. The minimum Gasteiger partial charge on any atom is -0.445 e. The maximum atomic E-state index is 11.6. The summed E-state index contributed by atoms with van der Waals surface area (Å²) in [5.74, 6) is 0. The van der Waals surface area contributed by atoms with E-state index in [0.717, 1.165) is 11.1 Å². The molecular formula is C15H19N3O3. The molecule has 2 aromatic rings. The molecule has 0 aliphatic heterocycles. The molecule has 6 heteroatoms. The highest BCUT2D eigenvalue weighted by Gasteiger charge is 2.04. The van der Waals surface area contributed by atoms with Gasteiger partial charge in [0.2, 0.25) is 0 Å². The monoisotopic (exact) mass is 289 g/mol. The van der Waals surface area contributed by atoms with Gasteiger partial charge in [-0.2, -0.15) is 5.10 Å². The van der Waals surface area contributed by atoms with Gasteiger partial charge in [0.15, 0.2) is 0 Å². The summed E-state index contributed by atoms with van der Waals surface area (Å²) < 4.78 is 6.85. The Bertz CT molecular complexity index is 554.